The van der Waals surface area contributed by atoms with Crippen LogP contribution < -0.4 is 5.32 Å². The van der Waals surface area contributed by atoms with Crippen LogP contribution in [0, 0.1) is 17.0 Å². The molecule has 17 heavy (non-hydrogen) atoms. The Hall–Kier alpha value is -1.88. The molecule has 0 bridgehead atoms. The lowest BCUT2D eigenvalue weighted by Crippen LogP contribution is -1.99. The van der Waals surface area contributed by atoms with Gasteiger partial charge in [-0.3, -0.25) is 10.1 Å². The van der Waals surface area contributed by atoms with Gasteiger partial charge in [-0.05, 0) is 30.0 Å². The topological polar surface area (TPSA) is 55.2 Å². The van der Waals surface area contributed by atoms with Gasteiger partial charge in [0.15, 0.2) is 0 Å². The van der Waals surface area contributed by atoms with Crippen LogP contribution in [-0.2, 0) is 6.54 Å². The van der Waals surface area contributed by atoms with E-state index in [1.165, 1.54) is 4.88 Å². The minimum Gasteiger partial charge on any atom is -0.380 e. The molecule has 1 heterocycles. The van der Waals surface area contributed by atoms with E-state index in [4.69, 9.17) is 0 Å². The summed E-state index contributed by atoms with van der Waals surface area (Å²) in [6.07, 6.45) is 0. The number of rotatable bonds is 4. The predicted octanol–water partition coefficient (Wildman–Crippen LogP) is 3.58. The van der Waals surface area contributed by atoms with Crippen molar-refractivity contribution in [2.24, 2.45) is 0 Å². The normalized spacial score (nSPS) is 10.2. The second-order valence-corrected chi connectivity index (χ2v) is 4.78. The van der Waals surface area contributed by atoms with Crippen molar-refractivity contribution in [2.75, 3.05) is 5.32 Å². The average Bonchev–Trinajstić information content (AvgIpc) is 2.78. The molecule has 1 aromatic heterocycles. The number of hydrogen-bond acceptors (Lipinski definition) is 4. The summed E-state index contributed by atoms with van der Waals surface area (Å²) < 4.78 is 0. The van der Waals surface area contributed by atoms with Crippen LogP contribution in [0.3, 0.4) is 0 Å². The van der Waals surface area contributed by atoms with E-state index >= 15 is 0 Å². The van der Waals surface area contributed by atoms with Crippen molar-refractivity contribution in [3.05, 3.63) is 56.3 Å². The summed E-state index contributed by atoms with van der Waals surface area (Å²) in [5.74, 6) is 0. The molecule has 0 saturated carbocycles. The quantitative estimate of drug-likeness (QED) is 0.664. The van der Waals surface area contributed by atoms with Crippen molar-refractivity contribution in [1.82, 2.24) is 0 Å². The van der Waals surface area contributed by atoms with Crippen LogP contribution in [0.4, 0.5) is 11.4 Å². The third-order valence-electron chi connectivity index (χ3n) is 2.32. The monoisotopic (exact) mass is 248 g/mol. The van der Waals surface area contributed by atoms with Crippen molar-refractivity contribution < 1.29 is 4.92 Å². The molecule has 0 unspecified atom stereocenters. The molecule has 88 valence electrons. The highest BCUT2D eigenvalue weighted by atomic mass is 32.1. The largest absolute Gasteiger partial charge is 0.380 e. The first kappa shape index (κ1) is 11.6. The molecule has 0 amide bonds. The average molecular weight is 248 g/mol. The molecule has 0 fully saturated rings. The molecule has 0 aliphatic carbocycles. The number of non-ortho nitro benzene ring substituents is 1. The number of nitro groups is 1. The van der Waals surface area contributed by atoms with Gasteiger partial charge < -0.3 is 5.32 Å². The summed E-state index contributed by atoms with van der Waals surface area (Å²) in [5.41, 5.74) is 1.79. The number of benzene rings is 1. The number of nitrogens with zero attached hydrogens (tertiary/aromatic N) is 1. The Balaban J connectivity index is 2.13. The van der Waals surface area contributed by atoms with E-state index < -0.39 is 0 Å². The van der Waals surface area contributed by atoms with E-state index in [0.29, 0.717) is 6.54 Å². The maximum Gasteiger partial charge on any atom is 0.271 e. The van der Waals surface area contributed by atoms with Crippen molar-refractivity contribution in [3.63, 3.8) is 0 Å². The van der Waals surface area contributed by atoms with Crippen molar-refractivity contribution >= 4 is 22.7 Å². The molecule has 0 atom stereocenters. The summed E-state index contributed by atoms with van der Waals surface area (Å²) in [4.78, 5) is 11.5. The molecule has 2 rings (SSSR count). The van der Waals surface area contributed by atoms with Crippen LogP contribution in [0.25, 0.3) is 0 Å². The molecule has 0 radical (unpaired) electrons. The first-order chi connectivity index (χ1) is 8.15. The molecule has 0 aliphatic heterocycles. The lowest BCUT2D eigenvalue weighted by atomic mass is 10.2. The fourth-order valence-corrected chi connectivity index (χ4v) is 2.22. The van der Waals surface area contributed by atoms with Gasteiger partial charge in [-0.25, -0.2) is 0 Å². The summed E-state index contributed by atoms with van der Waals surface area (Å²) in [6.45, 7) is 2.54. The second-order valence-electron chi connectivity index (χ2n) is 3.75. The number of nitrogens with one attached hydrogen (secondary N) is 1. The second kappa shape index (κ2) is 4.97. The van der Waals surface area contributed by atoms with Crippen LogP contribution in [-0.4, -0.2) is 4.92 Å². The van der Waals surface area contributed by atoms with E-state index in [9.17, 15) is 10.1 Å². The molecule has 2 aromatic rings. The van der Waals surface area contributed by atoms with Crippen molar-refractivity contribution in [1.29, 1.82) is 0 Å². The Labute approximate surface area is 103 Å². The Kier molecular flexibility index (Phi) is 3.39. The predicted molar refractivity (Wildman–Crippen MR) is 69.5 cm³/mol. The zero-order valence-corrected chi connectivity index (χ0v) is 10.2. The zero-order valence-electron chi connectivity index (χ0n) is 9.34. The zero-order chi connectivity index (χ0) is 12.3. The van der Waals surface area contributed by atoms with Crippen LogP contribution >= 0.6 is 11.3 Å². The molecule has 5 heteroatoms. The molecule has 0 saturated heterocycles. The highest BCUT2D eigenvalue weighted by molar-refractivity contribution is 7.09. The molecule has 0 spiro atoms. The number of anilines is 1. The summed E-state index contributed by atoms with van der Waals surface area (Å²) >= 11 is 1.66. The van der Waals surface area contributed by atoms with Gasteiger partial charge >= 0.3 is 0 Å². The van der Waals surface area contributed by atoms with Gasteiger partial charge in [0.25, 0.3) is 5.69 Å². The van der Waals surface area contributed by atoms with Gasteiger partial charge in [-0.1, -0.05) is 6.07 Å². The maximum absolute atomic E-state index is 10.7. The molecule has 1 aromatic carbocycles. The van der Waals surface area contributed by atoms with Crippen LogP contribution in [0.1, 0.15) is 10.4 Å². The SMILES string of the molecule is Cc1cc(NCc2cccs2)cc([N+](=O)[O-])c1. The van der Waals surface area contributed by atoms with Crippen LogP contribution in [0.15, 0.2) is 35.7 Å². The lowest BCUT2D eigenvalue weighted by Gasteiger charge is -2.05. The van der Waals surface area contributed by atoms with Gasteiger partial charge in [0.05, 0.1) is 4.92 Å². The molecular weight excluding hydrogens is 236 g/mol. The van der Waals surface area contributed by atoms with E-state index in [1.54, 1.807) is 23.5 Å². The number of hydrogen-bond donors (Lipinski definition) is 1. The van der Waals surface area contributed by atoms with Gasteiger partial charge in [-0.2, -0.15) is 0 Å². The third-order valence-corrected chi connectivity index (χ3v) is 3.20. The highest BCUT2D eigenvalue weighted by Gasteiger charge is 2.07. The van der Waals surface area contributed by atoms with E-state index in [1.807, 2.05) is 30.5 Å². The first-order valence-electron chi connectivity index (χ1n) is 5.17. The molecule has 4 nitrogen and oxygen atoms in total. The van der Waals surface area contributed by atoms with E-state index in [2.05, 4.69) is 5.32 Å². The summed E-state index contributed by atoms with van der Waals surface area (Å²) in [5, 5.41) is 15.9. The summed E-state index contributed by atoms with van der Waals surface area (Å²) in [6, 6.07) is 9.04. The molecular formula is C12H12N2O2S. The minimum atomic E-state index is -0.372. The Morgan fingerprint density at radius 1 is 1.41 bits per heavy atom. The van der Waals surface area contributed by atoms with Gasteiger partial charge in [0, 0.05) is 29.2 Å². The van der Waals surface area contributed by atoms with Crippen molar-refractivity contribution in [2.45, 2.75) is 13.5 Å². The fraction of sp³-hybridized carbons (Fsp3) is 0.167. The number of thiophene rings is 1. The van der Waals surface area contributed by atoms with Crippen LogP contribution in [0.2, 0.25) is 0 Å². The fourth-order valence-electron chi connectivity index (χ4n) is 1.57. The van der Waals surface area contributed by atoms with Crippen LogP contribution in [0.5, 0.6) is 0 Å². The third kappa shape index (κ3) is 3.04. The highest BCUT2D eigenvalue weighted by Crippen LogP contribution is 2.21. The number of nitro benzene ring substituents is 1. The van der Waals surface area contributed by atoms with Gasteiger partial charge in [-0.15, -0.1) is 11.3 Å². The minimum absolute atomic E-state index is 0.124. The molecule has 1 N–H and O–H groups in total. The Bertz CT molecular complexity index is 523. The Morgan fingerprint density at radius 2 is 2.24 bits per heavy atom. The van der Waals surface area contributed by atoms with E-state index in [-0.39, 0.29) is 10.6 Å². The van der Waals surface area contributed by atoms with E-state index in [0.717, 1.165) is 11.3 Å². The van der Waals surface area contributed by atoms with Gasteiger partial charge in [0.1, 0.15) is 0 Å². The smallest absolute Gasteiger partial charge is 0.271 e. The standard InChI is InChI=1S/C12H12N2O2S/c1-9-5-10(7-11(6-9)14(15)16)13-8-12-3-2-4-17-12/h2-7,13H,8H2,1H3. The number of aryl methyl sites for hydroxylation is 1. The van der Waals surface area contributed by atoms with Gasteiger partial charge in [0.2, 0.25) is 0 Å². The lowest BCUT2D eigenvalue weighted by molar-refractivity contribution is -0.384. The first-order valence-corrected chi connectivity index (χ1v) is 6.05. The van der Waals surface area contributed by atoms with Crippen molar-refractivity contribution in [3.8, 4) is 0 Å². The molecule has 0 aliphatic rings. The maximum atomic E-state index is 10.7. The Morgan fingerprint density at radius 3 is 2.88 bits per heavy atom. The summed E-state index contributed by atoms with van der Waals surface area (Å²) in [7, 11) is 0.